The molecule has 0 saturated heterocycles. The molecular formula is C8H15IO2. The van der Waals surface area contributed by atoms with Crippen molar-refractivity contribution in [3.8, 4) is 0 Å². The van der Waals surface area contributed by atoms with E-state index in [1.807, 2.05) is 0 Å². The maximum absolute atomic E-state index is 10.2. The minimum atomic E-state index is -0.680. The van der Waals surface area contributed by atoms with Crippen LogP contribution in [0.3, 0.4) is 0 Å². The molecule has 1 unspecified atom stereocenters. The van der Waals surface area contributed by atoms with Crippen LogP contribution in [0.5, 0.6) is 0 Å². The molecule has 0 aromatic heterocycles. The Morgan fingerprint density at radius 3 is 2.64 bits per heavy atom. The standard InChI is InChI=1S/C8H15IO2/c1-2-3-4-5-7(9)6-8(10)11/h7H,2-6H2,1H3,(H,10,11). The van der Waals surface area contributed by atoms with E-state index in [9.17, 15) is 4.79 Å². The van der Waals surface area contributed by atoms with Gasteiger partial charge in [-0.2, -0.15) is 0 Å². The van der Waals surface area contributed by atoms with Gasteiger partial charge in [0.15, 0.2) is 0 Å². The average molecular weight is 270 g/mol. The summed E-state index contributed by atoms with van der Waals surface area (Å²) in [4.78, 5) is 10.2. The minimum absolute atomic E-state index is 0.310. The number of carbonyl (C=O) groups is 1. The molecule has 0 aromatic carbocycles. The summed E-state index contributed by atoms with van der Waals surface area (Å²) < 4.78 is 0.316. The summed E-state index contributed by atoms with van der Waals surface area (Å²) in [5.41, 5.74) is 0. The number of carboxylic acid groups (broad SMARTS) is 1. The molecule has 0 radical (unpaired) electrons. The zero-order valence-corrected chi connectivity index (χ0v) is 9.00. The molecule has 0 bridgehead atoms. The van der Waals surface area contributed by atoms with E-state index in [2.05, 4.69) is 29.5 Å². The quantitative estimate of drug-likeness (QED) is 0.458. The lowest BCUT2D eigenvalue weighted by Crippen LogP contribution is -2.05. The predicted octanol–water partition coefficient (Wildman–Crippen LogP) is 2.85. The average Bonchev–Trinajstić information content (AvgIpc) is 1.86. The Balaban J connectivity index is 3.22. The van der Waals surface area contributed by atoms with Crippen LogP contribution in [0, 0.1) is 0 Å². The SMILES string of the molecule is CCCCCC(I)CC(=O)O. The molecule has 0 spiro atoms. The molecule has 0 rings (SSSR count). The van der Waals surface area contributed by atoms with Crippen molar-refractivity contribution in [2.75, 3.05) is 0 Å². The first-order chi connectivity index (χ1) is 5.16. The Morgan fingerprint density at radius 2 is 2.18 bits per heavy atom. The van der Waals surface area contributed by atoms with Gasteiger partial charge in [0.25, 0.3) is 0 Å². The molecule has 0 amide bonds. The van der Waals surface area contributed by atoms with Gasteiger partial charge in [0.1, 0.15) is 0 Å². The highest BCUT2D eigenvalue weighted by molar-refractivity contribution is 14.1. The summed E-state index contributed by atoms with van der Waals surface area (Å²) in [6.45, 7) is 2.15. The number of alkyl halides is 1. The summed E-state index contributed by atoms with van der Waals surface area (Å²) in [6.07, 6.45) is 4.94. The van der Waals surface area contributed by atoms with E-state index in [0.29, 0.717) is 10.3 Å². The van der Waals surface area contributed by atoms with E-state index >= 15 is 0 Å². The summed E-state index contributed by atoms with van der Waals surface area (Å²) in [5.74, 6) is -0.680. The van der Waals surface area contributed by atoms with Crippen molar-refractivity contribution >= 4 is 28.6 Å². The molecule has 3 heteroatoms. The number of halogens is 1. The van der Waals surface area contributed by atoms with E-state index in [0.717, 1.165) is 12.8 Å². The topological polar surface area (TPSA) is 37.3 Å². The van der Waals surface area contributed by atoms with Crippen molar-refractivity contribution in [1.29, 1.82) is 0 Å². The van der Waals surface area contributed by atoms with Gasteiger partial charge < -0.3 is 5.11 Å². The maximum atomic E-state index is 10.2. The molecule has 0 aliphatic heterocycles. The molecular weight excluding hydrogens is 255 g/mol. The molecule has 0 aromatic rings. The normalized spacial score (nSPS) is 12.9. The monoisotopic (exact) mass is 270 g/mol. The smallest absolute Gasteiger partial charge is 0.304 e. The number of hydrogen-bond donors (Lipinski definition) is 1. The number of aliphatic carboxylic acids is 1. The van der Waals surface area contributed by atoms with Gasteiger partial charge in [-0.25, -0.2) is 0 Å². The van der Waals surface area contributed by atoms with Crippen LogP contribution in [-0.2, 0) is 4.79 Å². The van der Waals surface area contributed by atoms with Crippen molar-refractivity contribution < 1.29 is 9.90 Å². The van der Waals surface area contributed by atoms with E-state index in [4.69, 9.17) is 5.11 Å². The van der Waals surface area contributed by atoms with Gasteiger partial charge >= 0.3 is 5.97 Å². The van der Waals surface area contributed by atoms with Crippen LogP contribution in [0.4, 0.5) is 0 Å². The van der Waals surface area contributed by atoms with Crippen molar-refractivity contribution in [1.82, 2.24) is 0 Å². The zero-order chi connectivity index (χ0) is 8.69. The first kappa shape index (κ1) is 11.2. The Morgan fingerprint density at radius 1 is 1.55 bits per heavy atom. The molecule has 1 N–H and O–H groups in total. The van der Waals surface area contributed by atoms with E-state index in [1.165, 1.54) is 12.8 Å². The second-order valence-corrected chi connectivity index (χ2v) is 4.45. The minimum Gasteiger partial charge on any atom is -0.481 e. The lowest BCUT2D eigenvalue weighted by Gasteiger charge is -2.04. The molecule has 1 atom stereocenters. The summed E-state index contributed by atoms with van der Waals surface area (Å²) in [7, 11) is 0. The largest absolute Gasteiger partial charge is 0.481 e. The first-order valence-corrected chi connectivity index (χ1v) is 5.27. The van der Waals surface area contributed by atoms with E-state index in [1.54, 1.807) is 0 Å². The molecule has 0 saturated carbocycles. The maximum Gasteiger partial charge on any atom is 0.304 e. The number of unbranched alkanes of at least 4 members (excludes halogenated alkanes) is 2. The Labute approximate surface area is 81.5 Å². The molecule has 66 valence electrons. The number of hydrogen-bond acceptors (Lipinski definition) is 1. The molecule has 0 aliphatic carbocycles. The molecule has 0 fully saturated rings. The van der Waals surface area contributed by atoms with Crippen LogP contribution in [0.25, 0.3) is 0 Å². The van der Waals surface area contributed by atoms with Crippen molar-refractivity contribution in [2.24, 2.45) is 0 Å². The fourth-order valence-electron chi connectivity index (χ4n) is 0.907. The van der Waals surface area contributed by atoms with Crippen LogP contribution in [0.15, 0.2) is 0 Å². The first-order valence-electron chi connectivity index (χ1n) is 4.02. The second kappa shape index (κ2) is 6.88. The van der Waals surface area contributed by atoms with Crippen LogP contribution in [-0.4, -0.2) is 15.0 Å². The Kier molecular flexibility index (Phi) is 7.01. The van der Waals surface area contributed by atoms with Crippen LogP contribution in [0.1, 0.15) is 39.0 Å². The summed E-state index contributed by atoms with van der Waals surface area (Å²) >= 11 is 2.22. The zero-order valence-electron chi connectivity index (χ0n) is 6.85. The van der Waals surface area contributed by atoms with Crippen LogP contribution >= 0.6 is 22.6 Å². The van der Waals surface area contributed by atoms with E-state index < -0.39 is 5.97 Å². The highest BCUT2D eigenvalue weighted by Crippen LogP contribution is 2.14. The Hall–Kier alpha value is 0.200. The van der Waals surface area contributed by atoms with Gasteiger partial charge in [0, 0.05) is 3.92 Å². The number of carboxylic acids is 1. The Bertz CT molecular complexity index is 115. The van der Waals surface area contributed by atoms with Gasteiger partial charge in [-0.05, 0) is 6.42 Å². The second-order valence-electron chi connectivity index (χ2n) is 2.69. The molecule has 0 heterocycles. The van der Waals surface area contributed by atoms with E-state index in [-0.39, 0.29) is 0 Å². The lowest BCUT2D eigenvalue weighted by atomic mass is 10.1. The van der Waals surface area contributed by atoms with Crippen molar-refractivity contribution in [3.05, 3.63) is 0 Å². The fourth-order valence-corrected chi connectivity index (χ4v) is 1.72. The summed E-state index contributed by atoms with van der Waals surface area (Å²) in [6, 6.07) is 0. The molecule has 2 nitrogen and oxygen atoms in total. The van der Waals surface area contributed by atoms with Crippen LogP contribution < -0.4 is 0 Å². The van der Waals surface area contributed by atoms with Gasteiger partial charge in [0.05, 0.1) is 6.42 Å². The van der Waals surface area contributed by atoms with Crippen LogP contribution in [0.2, 0.25) is 0 Å². The lowest BCUT2D eigenvalue weighted by molar-refractivity contribution is -0.136. The van der Waals surface area contributed by atoms with Gasteiger partial charge in [-0.1, -0.05) is 48.8 Å². The third-order valence-electron chi connectivity index (χ3n) is 1.52. The summed E-state index contributed by atoms with van der Waals surface area (Å²) in [5, 5.41) is 8.44. The molecule has 11 heavy (non-hydrogen) atoms. The highest BCUT2D eigenvalue weighted by atomic mass is 127. The third kappa shape index (κ3) is 8.10. The number of rotatable bonds is 6. The van der Waals surface area contributed by atoms with Crippen molar-refractivity contribution in [2.45, 2.75) is 43.0 Å². The highest BCUT2D eigenvalue weighted by Gasteiger charge is 2.07. The fraction of sp³-hybridized carbons (Fsp3) is 0.875. The van der Waals surface area contributed by atoms with Gasteiger partial charge in [-0.15, -0.1) is 0 Å². The van der Waals surface area contributed by atoms with Gasteiger partial charge in [-0.3, -0.25) is 4.79 Å². The molecule has 0 aliphatic rings. The van der Waals surface area contributed by atoms with Gasteiger partial charge in [0.2, 0.25) is 0 Å². The third-order valence-corrected chi connectivity index (χ3v) is 2.58. The predicted molar refractivity (Wildman–Crippen MR) is 54.2 cm³/mol. The van der Waals surface area contributed by atoms with Crippen molar-refractivity contribution in [3.63, 3.8) is 0 Å².